The number of aromatic nitrogens is 2. The van der Waals surface area contributed by atoms with Crippen molar-refractivity contribution >= 4 is 35.0 Å². The molecule has 0 atom stereocenters. The predicted octanol–water partition coefficient (Wildman–Crippen LogP) is 4.05. The van der Waals surface area contributed by atoms with Crippen LogP contribution in [-0.2, 0) is 17.0 Å². The Balaban J connectivity index is 1.35. The number of amides is 1. The van der Waals surface area contributed by atoms with E-state index in [1.807, 2.05) is 24.3 Å². The summed E-state index contributed by atoms with van der Waals surface area (Å²) >= 11 is 7.45. The summed E-state index contributed by atoms with van der Waals surface area (Å²) in [5, 5.41) is 1.17. The average molecular weight is 487 g/mol. The van der Waals surface area contributed by atoms with Crippen molar-refractivity contribution < 1.29 is 9.18 Å². The molecule has 0 bridgehead atoms. The molecule has 0 radical (unpaired) electrons. The Bertz CT molecular complexity index is 1190. The highest BCUT2D eigenvalue weighted by atomic mass is 35.5. The van der Waals surface area contributed by atoms with Gasteiger partial charge < -0.3 is 14.8 Å². The molecule has 1 aliphatic heterocycles. The van der Waals surface area contributed by atoms with Crippen LogP contribution in [0, 0.1) is 12.7 Å². The third-order valence-corrected chi connectivity index (χ3v) is 6.80. The fourth-order valence-electron chi connectivity index (χ4n) is 3.74. The van der Waals surface area contributed by atoms with E-state index in [4.69, 9.17) is 11.6 Å². The van der Waals surface area contributed by atoms with E-state index >= 15 is 0 Å². The summed E-state index contributed by atoms with van der Waals surface area (Å²) < 4.78 is 13.0. The fourth-order valence-corrected chi connectivity index (χ4v) is 4.79. The number of thioether (sulfide) groups is 1. The highest BCUT2D eigenvalue weighted by Gasteiger charge is 2.23. The minimum absolute atomic E-state index is 0.0221. The summed E-state index contributed by atoms with van der Waals surface area (Å²) in [6, 6.07) is 13.9. The maximum Gasteiger partial charge on any atom is 0.255 e. The van der Waals surface area contributed by atoms with Gasteiger partial charge in [-0.05, 0) is 42.8 Å². The molecule has 1 fully saturated rings. The smallest absolute Gasteiger partial charge is 0.255 e. The second-order valence-corrected chi connectivity index (χ2v) is 9.28. The molecule has 4 rings (SSSR count). The van der Waals surface area contributed by atoms with Crippen LogP contribution < -0.4 is 10.5 Å². The Morgan fingerprint density at radius 3 is 2.55 bits per heavy atom. The lowest BCUT2D eigenvalue weighted by atomic mass is 10.1. The SMILES string of the molecule is Cc1nc(SCc2ccc(F)cc2)[nH]c(=O)c1CC(=O)N1CCN(c2cccc(Cl)c2)CC1. The van der Waals surface area contributed by atoms with Crippen LogP contribution in [0.1, 0.15) is 16.8 Å². The molecule has 172 valence electrons. The van der Waals surface area contributed by atoms with Crippen molar-refractivity contribution in [2.24, 2.45) is 0 Å². The van der Waals surface area contributed by atoms with Gasteiger partial charge in [0.25, 0.3) is 5.56 Å². The van der Waals surface area contributed by atoms with Gasteiger partial charge in [-0.3, -0.25) is 9.59 Å². The van der Waals surface area contributed by atoms with Gasteiger partial charge in [0.1, 0.15) is 5.82 Å². The van der Waals surface area contributed by atoms with Crippen LogP contribution in [0.15, 0.2) is 58.5 Å². The second kappa shape index (κ2) is 10.4. The van der Waals surface area contributed by atoms with Crippen LogP contribution in [0.3, 0.4) is 0 Å². The molecule has 1 amide bonds. The molecule has 1 N–H and O–H groups in total. The Morgan fingerprint density at radius 1 is 1.15 bits per heavy atom. The van der Waals surface area contributed by atoms with Crippen LogP contribution in [-0.4, -0.2) is 47.0 Å². The molecule has 2 aromatic carbocycles. The quantitative estimate of drug-likeness (QED) is 0.420. The monoisotopic (exact) mass is 486 g/mol. The molecule has 0 saturated carbocycles. The fraction of sp³-hybridized carbons (Fsp3) is 0.292. The Morgan fingerprint density at radius 2 is 1.88 bits per heavy atom. The van der Waals surface area contributed by atoms with Crippen molar-refractivity contribution in [3.05, 3.63) is 86.5 Å². The summed E-state index contributed by atoms with van der Waals surface area (Å²) in [7, 11) is 0. The maximum atomic E-state index is 13.0. The standard InChI is InChI=1S/C24H24ClFN4O2S/c1-16-21(23(32)28-24(27-16)33-15-17-5-7-19(26)8-6-17)14-22(31)30-11-9-29(10-12-30)20-4-2-3-18(25)13-20/h2-8,13H,9-12,14-15H2,1H3,(H,27,28,32). The van der Waals surface area contributed by atoms with E-state index in [1.165, 1.54) is 23.9 Å². The first-order chi connectivity index (χ1) is 15.9. The number of nitrogens with one attached hydrogen (secondary N) is 1. The average Bonchev–Trinajstić information content (AvgIpc) is 2.81. The van der Waals surface area contributed by atoms with Crippen LogP contribution in [0.2, 0.25) is 5.02 Å². The lowest BCUT2D eigenvalue weighted by molar-refractivity contribution is -0.130. The number of aromatic amines is 1. The van der Waals surface area contributed by atoms with Crippen LogP contribution in [0.4, 0.5) is 10.1 Å². The highest BCUT2D eigenvalue weighted by molar-refractivity contribution is 7.98. The molecule has 1 saturated heterocycles. The van der Waals surface area contributed by atoms with Crippen molar-refractivity contribution in [3.8, 4) is 0 Å². The van der Waals surface area contributed by atoms with Gasteiger partial charge in [-0.1, -0.05) is 41.6 Å². The zero-order valence-electron chi connectivity index (χ0n) is 18.2. The van der Waals surface area contributed by atoms with Crippen molar-refractivity contribution in [2.75, 3.05) is 31.1 Å². The Hall–Kier alpha value is -2.84. The topological polar surface area (TPSA) is 69.3 Å². The highest BCUT2D eigenvalue weighted by Crippen LogP contribution is 2.22. The molecule has 0 spiro atoms. The number of aryl methyl sites for hydroxylation is 1. The lowest BCUT2D eigenvalue weighted by Crippen LogP contribution is -2.49. The number of carbonyl (C=O) groups excluding carboxylic acids is 1. The molecule has 6 nitrogen and oxygen atoms in total. The zero-order chi connectivity index (χ0) is 23.4. The molecule has 33 heavy (non-hydrogen) atoms. The first-order valence-corrected chi connectivity index (χ1v) is 12.0. The van der Waals surface area contributed by atoms with Gasteiger partial charge in [0.15, 0.2) is 5.16 Å². The third kappa shape index (κ3) is 5.94. The molecule has 0 aliphatic carbocycles. The summed E-state index contributed by atoms with van der Waals surface area (Å²) in [6.07, 6.45) is 0.0221. The number of H-pyrrole nitrogens is 1. The van der Waals surface area contributed by atoms with Crippen molar-refractivity contribution in [1.29, 1.82) is 0 Å². The molecule has 0 unspecified atom stereocenters. The number of hydrogen-bond acceptors (Lipinski definition) is 5. The number of anilines is 1. The first-order valence-electron chi connectivity index (χ1n) is 10.6. The van der Waals surface area contributed by atoms with Crippen LogP contribution in [0.25, 0.3) is 0 Å². The lowest BCUT2D eigenvalue weighted by Gasteiger charge is -2.36. The summed E-state index contributed by atoms with van der Waals surface area (Å²) in [5.74, 6) is 0.187. The van der Waals surface area contributed by atoms with E-state index in [2.05, 4.69) is 14.9 Å². The van der Waals surface area contributed by atoms with E-state index in [0.717, 1.165) is 11.3 Å². The first kappa shape index (κ1) is 23.3. The molecular formula is C24H24ClFN4O2S. The van der Waals surface area contributed by atoms with Gasteiger partial charge in [0.2, 0.25) is 5.91 Å². The minimum atomic E-state index is -0.296. The van der Waals surface area contributed by atoms with Gasteiger partial charge in [-0.25, -0.2) is 9.37 Å². The summed E-state index contributed by atoms with van der Waals surface area (Å²) in [5.41, 5.74) is 2.61. The van der Waals surface area contributed by atoms with Gasteiger partial charge in [0.05, 0.1) is 6.42 Å². The zero-order valence-corrected chi connectivity index (χ0v) is 19.8. The van der Waals surface area contributed by atoms with Crippen LogP contribution in [0.5, 0.6) is 0 Å². The van der Waals surface area contributed by atoms with E-state index in [-0.39, 0.29) is 23.7 Å². The van der Waals surface area contributed by atoms with Gasteiger partial charge in [-0.2, -0.15) is 0 Å². The molecule has 1 aliphatic rings. The predicted molar refractivity (Wildman–Crippen MR) is 130 cm³/mol. The van der Waals surface area contributed by atoms with E-state index < -0.39 is 0 Å². The van der Waals surface area contributed by atoms with Gasteiger partial charge in [-0.15, -0.1) is 0 Å². The molecule has 9 heteroatoms. The van der Waals surface area contributed by atoms with Crippen molar-refractivity contribution in [3.63, 3.8) is 0 Å². The van der Waals surface area contributed by atoms with Gasteiger partial charge >= 0.3 is 0 Å². The summed E-state index contributed by atoms with van der Waals surface area (Å²) in [6.45, 7) is 4.33. The number of piperazine rings is 1. The third-order valence-electron chi connectivity index (χ3n) is 5.62. The Labute approximate surface area is 200 Å². The normalized spacial score (nSPS) is 13.9. The number of rotatable bonds is 6. The van der Waals surface area contributed by atoms with Crippen molar-refractivity contribution in [1.82, 2.24) is 14.9 Å². The van der Waals surface area contributed by atoms with E-state index in [0.29, 0.717) is 53.4 Å². The molecule has 3 aromatic rings. The number of nitrogens with zero attached hydrogens (tertiary/aromatic N) is 3. The largest absolute Gasteiger partial charge is 0.368 e. The minimum Gasteiger partial charge on any atom is -0.368 e. The van der Waals surface area contributed by atoms with E-state index in [9.17, 15) is 14.0 Å². The van der Waals surface area contributed by atoms with Gasteiger partial charge in [0, 0.05) is 53.9 Å². The maximum absolute atomic E-state index is 13.0. The number of carbonyl (C=O) groups is 1. The Kier molecular flexibility index (Phi) is 7.35. The summed E-state index contributed by atoms with van der Waals surface area (Å²) in [4.78, 5) is 36.7. The molecule has 1 aromatic heterocycles. The number of benzene rings is 2. The number of hydrogen-bond donors (Lipinski definition) is 1. The molecule has 2 heterocycles. The van der Waals surface area contributed by atoms with Crippen molar-refractivity contribution in [2.45, 2.75) is 24.3 Å². The van der Waals surface area contributed by atoms with E-state index in [1.54, 1.807) is 24.0 Å². The second-order valence-electron chi connectivity index (χ2n) is 7.87. The number of halogens is 2. The van der Waals surface area contributed by atoms with Crippen LogP contribution >= 0.6 is 23.4 Å². The molecular weight excluding hydrogens is 463 g/mol.